The van der Waals surface area contributed by atoms with Crippen molar-refractivity contribution in [1.82, 2.24) is 14.5 Å². The molecule has 0 amide bonds. The molecule has 0 unspecified atom stereocenters. The van der Waals surface area contributed by atoms with Crippen molar-refractivity contribution in [2.75, 3.05) is 0 Å². The summed E-state index contributed by atoms with van der Waals surface area (Å²) in [7, 11) is 0. The van der Waals surface area contributed by atoms with Crippen LogP contribution in [0.3, 0.4) is 0 Å². The molecule has 0 aliphatic carbocycles. The van der Waals surface area contributed by atoms with Gasteiger partial charge in [-0.3, -0.25) is 4.57 Å². The minimum atomic E-state index is 0.748. The molecule has 0 saturated heterocycles. The fraction of sp³-hybridized carbons (Fsp3) is 0. The highest BCUT2D eigenvalue weighted by Crippen LogP contribution is 2.23. The number of hydrogen-bond acceptors (Lipinski definition) is 2. The SMILES string of the molecule is Brc1nc2ncccc2n1-c1ccccc1. The maximum Gasteiger partial charge on any atom is 0.184 e. The summed E-state index contributed by atoms with van der Waals surface area (Å²) < 4.78 is 2.80. The molecule has 16 heavy (non-hydrogen) atoms. The Kier molecular flexibility index (Phi) is 2.22. The lowest BCUT2D eigenvalue weighted by Gasteiger charge is -2.04. The highest BCUT2D eigenvalue weighted by molar-refractivity contribution is 9.10. The van der Waals surface area contributed by atoms with Crippen LogP contribution in [0, 0.1) is 0 Å². The van der Waals surface area contributed by atoms with Crippen LogP contribution in [-0.4, -0.2) is 14.5 Å². The first-order valence-corrected chi connectivity index (χ1v) is 5.70. The van der Waals surface area contributed by atoms with Crippen molar-refractivity contribution in [1.29, 1.82) is 0 Å². The van der Waals surface area contributed by atoms with E-state index >= 15 is 0 Å². The minimum Gasteiger partial charge on any atom is -0.285 e. The molecule has 0 aliphatic heterocycles. The van der Waals surface area contributed by atoms with E-state index in [1.807, 2.05) is 47.0 Å². The average molecular weight is 274 g/mol. The fourth-order valence-electron chi connectivity index (χ4n) is 1.71. The van der Waals surface area contributed by atoms with Gasteiger partial charge >= 0.3 is 0 Å². The lowest BCUT2D eigenvalue weighted by molar-refractivity contribution is 1.05. The molecule has 2 heterocycles. The Balaban J connectivity index is 2.35. The first kappa shape index (κ1) is 9.54. The summed E-state index contributed by atoms with van der Waals surface area (Å²) in [5, 5.41) is 0. The van der Waals surface area contributed by atoms with Gasteiger partial charge < -0.3 is 0 Å². The number of imidazole rings is 1. The third-order valence-electron chi connectivity index (χ3n) is 2.40. The molecule has 0 atom stereocenters. The quantitative estimate of drug-likeness (QED) is 0.682. The minimum absolute atomic E-state index is 0.748. The number of nitrogens with zero attached hydrogens (tertiary/aromatic N) is 3. The van der Waals surface area contributed by atoms with Crippen molar-refractivity contribution in [3.05, 3.63) is 53.4 Å². The fourth-order valence-corrected chi connectivity index (χ4v) is 2.27. The first-order valence-electron chi connectivity index (χ1n) is 4.90. The number of benzene rings is 1. The van der Waals surface area contributed by atoms with Gasteiger partial charge in [-0.25, -0.2) is 9.97 Å². The van der Waals surface area contributed by atoms with Gasteiger partial charge in [0.1, 0.15) is 0 Å². The van der Waals surface area contributed by atoms with E-state index in [9.17, 15) is 0 Å². The molecule has 0 fully saturated rings. The number of aromatic nitrogens is 3. The van der Waals surface area contributed by atoms with Gasteiger partial charge in [-0.1, -0.05) is 18.2 Å². The third-order valence-corrected chi connectivity index (χ3v) is 2.94. The number of fused-ring (bicyclic) bond motifs is 1. The van der Waals surface area contributed by atoms with E-state index in [4.69, 9.17) is 0 Å². The van der Waals surface area contributed by atoms with Gasteiger partial charge in [0.25, 0.3) is 0 Å². The molecule has 78 valence electrons. The van der Waals surface area contributed by atoms with Crippen LogP contribution in [0.15, 0.2) is 53.4 Å². The molecule has 0 radical (unpaired) electrons. The predicted molar refractivity (Wildman–Crippen MR) is 66.6 cm³/mol. The maximum atomic E-state index is 4.36. The second kappa shape index (κ2) is 3.72. The van der Waals surface area contributed by atoms with Crippen LogP contribution < -0.4 is 0 Å². The van der Waals surface area contributed by atoms with Crippen molar-refractivity contribution in [2.24, 2.45) is 0 Å². The molecule has 3 nitrogen and oxygen atoms in total. The molecule has 0 aliphatic rings. The largest absolute Gasteiger partial charge is 0.285 e. The van der Waals surface area contributed by atoms with E-state index in [2.05, 4.69) is 25.9 Å². The molecule has 4 heteroatoms. The second-order valence-electron chi connectivity index (χ2n) is 3.40. The Morgan fingerprint density at radius 2 is 1.81 bits per heavy atom. The van der Waals surface area contributed by atoms with Crippen LogP contribution in [0.25, 0.3) is 16.9 Å². The second-order valence-corrected chi connectivity index (χ2v) is 4.11. The average Bonchev–Trinajstić information content (AvgIpc) is 2.66. The normalized spacial score (nSPS) is 10.8. The summed E-state index contributed by atoms with van der Waals surface area (Å²) in [6, 6.07) is 14.0. The van der Waals surface area contributed by atoms with Crippen LogP contribution in [0.1, 0.15) is 0 Å². The molecule has 0 spiro atoms. The number of para-hydroxylation sites is 1. The van der Waals surface area contributed by atoms with E-state index in [0.717, 1.165) is 21.6 Å². The number of pyridine rings is 1. The van der Waals surface area contributed by atoms with E-state index in [-0.39, 0.29) is 0 Å². The molecule has 3 rings (SSSR count). The van der Waals surface area contributed by atoms with Crippen molar-refractivity contribution < 1.29 is 0 Å². The van der Waals surface area contributed by atoms with Crippen LogP contribution in [0.4, 0.5) is 0 Å². The third kappa shape index (κ3) is 1.42. The molecular formula is C12H8BrN3. The van der Waals surface area contributed by atoms with Gasteiger partial charge in [0.15, 0.2) is 10.4 Å². The molecule has 3 aromatic rings. The standard InChI is InChI=1S/C12H8BrN3/c13-12-15-11-10(7-4-8-14-11)16(12)9-5-2-1-3-6-9/h1-8H. The number of hydrogen-bond donors (Lipinski definition) is 0. The predicted octanol–water partition coefficient (Wildman–Crippen LogP) is 3.18. The lowest BCUT2D eigenvalue weighted by Crippen LogP contribution is -1.93. The summed E-state index contributed by atoms with van der Waals surface area (Å²) in [6.45, 7) is 0. The van der Waals surface area contributed by atoms with Crippen molar-refractivity contribution in [3.8, 4) is 5.69 Å². The Morgan fingerprint density at radius 1 is 1.00 bits per heavy atom. The number of rotatable bonds is 1. The summed E-state index contributed by atoms with van der Waals surface area (Å²) >= 11 is 3.46. The van der Waals surface area contributed by atoms with Gasteiger partial charge in [-0.15, -0.1) is 0 Å². The topological polar surface area (TPSA) is 30.7 Å². The highest BCUT2D eigenvalue weighted by Gasteiger charge is 2.09. The van der Waals surface area contributed by atoms with Gasteiger partial charge in [0.2, 0.25) is 0 Å². The van der Waals surface area contributed by atoms with E-state index in [1.54, 1.807) is 6.20 Å². The Hall–Kier alpha value is -1.68. The van der Waals surface area contributed by atoms with Crippen LogP contribution in [0.5, 0.6) is 0 Å². The van der Waals surface area contributed by atoms with E-state index in [0.29, 0.717) is 0 Å². The van der Waals surface area contributed by atoms with Gasteiger partial charge in [-0.2, -0.15) is 0 Å². The maximum absolute atomic E-state index is 4.36. The summed E-state index contributed by atoms with van der Waals surface area (Å²) in [5.74, 6) is 0. The van der Waals surface area contributed by atoms with Gasteiger partial charge in [0.05, 0.1) is 5.52 Å². The molecule has 0 N–H and O–H groups in total. The first-order chi connectivity index (χ1) is 7.86. The van der Waals surface area contributed by atoms with Crippen LogP contribution >= 0.6 is 15.9 Å². The van der Waals surface area contributed by atoms with Gasteiger partial charge in [0, 0.05) is 11.9 Å². The molecular weight excluding hydrogens is 266 g/mol. The van der Waals surface area contributed by atoms with Crippen LogP contribution in [0.2, 0.25) is 0 Å². The van der Waals surface area contributed by atoms with E-state index < -0.39 is 0 Å². The summed E-state index contributed by atoms with van der Waals surface area (Å²) in [4.78, 5) is 8.58. The molecule has 0 bridgehead atoms. The summed E-state index contributed by atoms with van der Waals surface area (Å²) in [6.07, 6.45) is 1.75. The summed E-state index contributed by atoms with van der Waals surface area (Å²) in [5.41, 5.74) is 2.82. The van der Waals surface area contributed by atoms with Gasteiger partial charge in [-0.05, 0) is 40.2 Å². The van der Waals surface area contributed by atoms with Crippen molar-refractivity contribution in [3.63, 3.8) is 0 Å². The monoisotopic (exact) mass is 273 g/mol. The van der Waals surface area contributed by atoms with E-state index in [1.165, 1.54) is 0 Å². The Labute approximate surface area is 101 Å². The van der Waals surface area contributed by atoms with Crippen molar-refractivity contribution in [2.45, 2.75) is 0 Å². The Bertz CT molecular complexity index is 631. The van der Waals surface area contributed by atoms with Crippen molar-refractivity contribution >= 4 is 27.1 Å². The zero-order valence-electron chi connectivity index (χ0n) is 8.34. The molecule has 1 aromatic carbocycles. The van der Waals surface area contributed by atoms with Crippen LogP contribution in [-0.2, 0) is 0 Å². The zero-order valence-corrected chi connectivity index (χ0v) is 9.92. The lowest BCUT2D eigenvalue weighted by atomic mass is 10.3. The zero-order chi connectivity index (χ0) is 11.0. The Morgan fingerprint density at radius 3 is 2.62 bits per heavy atom. The molecule has 0 saturated carbocycles. The smallest absolute Gasteiger partial charge is 0.184 e. The number of halogens is 1. The highest BCUT2D eigenvalue weighted by atomic mass is 79.9. The molecule has 2 aromatic heterocycles.